The Labute approximate surface area is 107 Å². The van der Waals surface area contributed by atoms with Crippen LogP contribution in [0.5, 0.6) is 5.75 Å². The van der Waals surface area contributed by atoms with Gasteiger partial charge in [-0.3, -0.25) is 4.68 Å². The summed E-state index contributed by atoms with van der Waals surface area (Å²) >= 11 is 0. The highest BCUT2D eigenvalue weighted by atomic mass is 16.5. The average molecular weight is 246 g/mol. The summed E-state index contributed by atoms with van der Waals surface area (Å²) in [4.78, 5) is 4.49. The highest BCUT2D eigenvalue weighted by Crippen LogP contribution is 2.19. The minimum Gasteiger partial charge on any atom is -0.496 e. The molecule has 1 aromatic carbocycles. The van der Waals surface area contributed by atoms with Gasteiger partial charge in [-0.15, -0.1) is 0 Å². The largest absolute Gasteiger partial charge is 0.496 e. The molecule has 2 aromatic rings. The normalized spacial score (nSPS) is 10.6. The van der Waals surface area contributed by atoms with Gasteiger partial charge in [0.05, 0.1) is 7.11 Å². The molecule has 0 spiro atoms. The minimum atomic E-state index is 0.584. The van der Waals surface area contributed by atoms with Crippen LogP contribution in [-0.4, -0.2) is 28.4 Å². The van der Waals surface area contributed by atoms with Crippen molar-refractivity contribution in [3.63, 3.8) is 0 Å². The first-order chi connectivity index (χ1) is 8.74. The third-order valence-corrected chi connectivity index (χ3v) is 2.81. The van der Waals surface area contributed by atoms with Crippen LogP contribution in [0.3, 0.4) is 0 Å². The molecule has 0 aliphatic heterocycles. The number of benzene rings is 1. The van der Waals surface area contributed by atoms with Crippen molar-refractivity contribution in [2.75, 3.05) is 13.7 Å². The summed E-state index contributed by atoms with van der Waals surface area (Å²) < 4.78 is 7.11. The molecular formula is C13H18N4O. The molecule has 0 unspecified atom stereocenters. The molecule has 5 heteroatoms. The fourth-order valence-electron chi connectivity index (χ4n) is 1.92. The van der Waals surface area contributed by atoms with Gasteiger partial charge < -0.3 is 10.5 Å². The zero-order valence-electron chi connectivity index (χ0n) is 10.8. The molecule has 96 valence electrons. The highest BCUT2D eigenvalue weighted by molar-refractivity contribution is 5.35. The molecule has 1 heterocycles. The Morgan fingerprint density at radius 1 is 1.33 bits per heavy atom. The summed E-state index contributed by atoms with van der Waals surface area (Å²) in [5, 5.41) is 4.39. The van der Waals surface area contributed by atoms with E-state index in [0.29, 0.717) is 13.0 Å². The predicted molar refractivity (Wildman–Crippen MR) is 69.6 cm³/mol. The van der Waals surface area contributed by atoms with Crippen molar-refractivity contribution in [3.8, 4) is 5.75 Å². The standard InChI is InChI=1S/C13H18N4O/c1-17-13(7-8-14)15-12(16-17)9-10-5-3-4-6-11(10)18-2/h3-6H,7-9,14H2,1-2H3. The van der Waals surface area contributed by atoms with E-state index in [2.05, 4.69) is 10.1 Å². The summed E-state index contributed by atoms with van der Waals surface area (Å²) in [6.45, 7) is 0.584. The summed E-state index contributed by atoms with van der Waals surface area (Å²) in [6.07, 6.45) is 1.41. The predicted octanol–water partition coefficient (Wildman–Crippen LogP) is 0.916. The summed E-state index contributed by atoms with van der Waals surface area (Å²) in [7, 11) is 3.56. The molecule has 0 saturated heterocycles. The van der Waals surface area contributed by atoms with Gasteiger partial charge in [0.1, 0.15) is 11.6 Å². The molecule has 0 fully saturated rings. The number of nitrogens with zero attached hydrogens (tertiary/aromatic N) is 3. The third kappa shape index (κ3) is 2.68. The number of nitrogens with two attached hydrogens (primary N) is 1. The van der Waals surface area contributed by atoms with Crippen molar-refractivity contribution in [3.05, 3.63) is 41.5 Å². The van der Waals surface area contributed by atoms with Gasteiger partial charge in [0.25, 0.3) is 0 Å². The van der Waals surface area contributed by atoms with Crippen LogP contribution >= 0.6 is 0 Å². The summed E-state index contributed by atoms with van der Waals surface area (Å²) in [6, 6.07) is 7.91. The maximum atomic E-state index is 5.54. The second-order valence-electron chi connectivity index (χ2n) is 4.10. The van der Waals surface area contributed by atoms with E-state index < -0.39 is 0 Å². The Hall–Kier alpha value is -1.88. The average Bonchev–Trinajstić information content (AvgIpc) is 2.71. The van der Waals surface area contributed by atoms with Crippen molar-refractivity contribution in [1.82, 2.24) is 14.8 Å². The van der Waals surface area contributed by atoms with Gasteiger partial charge in [-0.2, -0.15) is 5.10 Å². The Balaban J connectivity index is 2.20. The topological polar surface area (TPSA) is 66.0 Å². The van der Waals surface area contributed by atoms with Gasteiger partial charge in [0.2, 0.25) is 0 Å². The van der Waals surface area contributed by atoms with Gasteiger partial charge in [0.15, 0.2) is 5.82 Å². The van der Waals surface area contributed by atoms with E-state index >= 15 is 0 Å². The van der Waals surface area contributed by atoms with Gasteiger partial charge in [-0.25, -0.2) is 4.98 Å². The molecular weight excluding hydrogens is 228 g/mol. The third-order valence-electron chi connectivity index (χ3n) is 2.81. The maximum Gasteiger partial charge on any atom is 0.155 e. The number of aryl methyl sites for hydroxylation is 1. The van der Waals surface area contributed by atoms with Crippen LogP contribution in [0.4, 0.5) is 0 Å². The van der Waals surface area contributed by atoms with Crippen molar-refractivity contribution < 1.29 is 4.74 Å². The van der Waals surface area contributed by atoms with Gasteiger partial charge in [-0.1, -0.05) is 18.2 Å². The molecule has 0 aliphatic carbocycles. The van der Waals surface area contributed by atoms with E-state index in [-0.39, 0.29) is 0 Å². The number of hydrogen-bond acceptors (Lipinski definition) is 4. The van der Waals surface area contributed by atoms with Gasteiger partial charge in [0, 0.05) is 25.5 Å². The van der Waals surface area contributed by atoms with Crippen LogP contribution in [-0.2, 0) is 19.9 Å². The fourth-order valence-corrected chi connectivity index (χ4v) is 1.92. The second-order valence-corrected chi connectivity index (χ2v) is 4.10. The van der Waals surface area contributed by atoms with Gasteiger partial charge in [-0.05, 0) is 12.6 Å². The lowest BCUT2D eigenvalue weighted by Crippen LogP contribution is -2.08. The Morgan fingerprint density at radius 3 is 2.83 bits per heavy atom. The SMILES string of the molecule is COc1ccccc1Cc1nc(CCN)n(C)n1. The minimum absolute atomic E-state index is 0.584. The van der Waals surface area contributed by atoms with Crippen molar-refractivity contribution in [1.29, 1.82) is 0 Å². The van der Waals surface area contributed by atoms with Crippen LogP contribution in [0.15, 0.2) is 24.3 Å². The van der Waals surface area contributed by atoms with Crippen LogP contribution in [0, 0.1) is 0 Å². The van der Waals surface area contributed by atoms with E-state index in [1.807, 2.05) is 31.3 Å². The first kappa shape index (κ1) is 12.6. The van der Waals surface area contributed by atoms with Crippen molar-refractivity contribution >= 4 is 0 Å². The monoisotopic (exact) mass is 246 g/mol. The number of para-hydroxylation sites is 1. The Kier molecular flexibility index (Phi) is 3.94. The second kappa shape index (κ2) is 5.64. The molecule has 0 bridgehead atoms. The highest BCUT2D eigenvalue weighted by Gasteiger charge is 2.09. The molecule has 2 N–H and O–H groups in total. The Morgan fingerprint density at radius 2 is 2.11 bits per heavy atom. The number of rotatable bonds is 5. The lowest BCUT2D eigenvalue weighted by Gasteiger charge is -2.05. The van der Waals surface area contributed by atoms with Crippen LogP contribution in [0.2, 0.25) is 0 Å². The quantitative estimate of drug-likeness (QED) is 0.851. The lowest BCUT2D eigenvalue weighted by molar-refractivity contribution is 0.410. The van der Waals surface area contributed by atoms with Crippen molar-refractivity contribution in [2.24, 2.45) is 12.8 Å². The maximum absolute atomic E-state index is 5.54. The van der Waals surface area contributed by atoms with E-state index in [4.69, 9.17) is 10.5 Å². The lowest BCUT2D eigenvalue weighted by atomic mass is 10.1. The molecule has 0 radical (unpaired) electrons. The van der Waals surface area contributed by atoms with Crippen LogP contribution in [0.25, 0.3) is 0 Å². The van der Waals surface area contributed by atoms with E-state index in [1.165, 1.54) is 0 Å². The molecule has 18 heavy (non-hydrogen) atoms. The van der Waals surface area contributed by atoms with E-state index in [1.54, 1.807) is 11.8 Å². The fraction of sp³-hybridized carbons (Fsp3) is 0.385. The molecule has 2 rings (SSSR count). The molecule has 0 saturated carbocycles. The molecule has 0 atom stereocenters. The Bertz CT molecular complexity index is 521. The zero-order valence-corrected chi connectivity index (χ0v) is 10.8. The smallest absolute Gasteiger partial charge is 0.155 e. The molecule has 0 amide bonds. The van der Waals surface area contributed by atoms with Crippen LogP contribution in [0.1, 0.15) is 17.2 Å². The number of aromatic nitrogens is 3. The first-order valence-electron chi connectivity index (χ1n) is 5.95. The van der Waals surface area contributed by atoms with Gasteiger partial charge >= 0.3 is 0 Å². The van der Waals surface area contributed by atoms with E-state index in [9.17, 15) is 0 Å². The molecule has 5 nitrogen and oxygen atoms in total. The summed E-state index contributed by atoms with van der Waals surface area (Å²) in [5.41, 5.74) is 6.62. The van der Waals surface area contributed by atoms with Crippen LogP contribution < -0.4 is 10.5 Å². The summed E-state index contributed by atoms with van der Waals surface area (Å²) in [5.74, 6) is 2.58. The number of hydrogen-bond donors (Lipinski definition) is 1. The number of ether oxygens (including phenoxy) is 1. The molecule has 1 aromatic heterocycles. The first-order valence-corrected chi connectivity index (χ1v) is 5.95. The van der Waals surface area contributed by atoms with Crippen molar-refractivity contribution in [2.45, 2.75) is 12.8 Å². The molecule has 0 aliphatic rings. The zero-order chi connectivity index (χ0) is 13.0. The van der Waals surface area contributed by atoms with E-state index in [0.717, 1.165) is 29.4 Å². The number of methoxy groups -OCH3 is 1.